The molecule has 1 aliphatic rings. The molecule has 28 heavy (non-hydrogen) atoms. The number of ether oxygens (including phenoxy) is 1. The maximum Gasteiger partial charge on any atom is 0.295 e. The second-order valence-electron chi connectivity index (χ2n) is 7.13. The topological polar surface area (TPSA) is 84.4 Å². The number of aliphatic hydroxyl groups excluding tert-OH is 1. The molecular weight excluding hydrogens is 360 g/mol. The Morgan fingerprint density at radius 3 is 2.61 bits per heavy atom. The van der Waals surface area contributed by atoms with E-state index in [-0.39, 0.29) is 11.3 Å². The molecule has 2 N–H and O–H groups in total. The van der Waals surface area contributed by atoms with Crippen molar-refractivity contribution >= 4 is 17.4 Å². The van der Waals surface area contributed by atoms with Gasteiger partial charge in [-0.25, -0.2) is 0 Å². The van der Waals surface area contributed by atoms with E-state index in [0.717, 1.165) is 4.90 Å². The molecular formula is C21H25N2O5+. The number of Topliss-reactive ketones (excluding diaryl/α,β-unsaturated/α-hetero) is 1. The van der Waals surface area contributed by atoms with Gasteiger partial charge in [-0.15, -0.1) is 0 Å². The predicted molar refractivity (Wildman–Crippen MR) is 103 cm³/mol. The van der Waals surface area contributed by atoms with Gasteiger partial charge in [-0.2, -0.15) is 0 Å². The van der Waals surface area contributed by atoms with Gasteiger partial charge in [0, 0.05) is 5.56 Å². The van der Waals surface area contributed by atoms with Crippen LogP contribution in [0.1, 0.15) is 23.1 Å². The number of hydrogen-bond donors (Lipinski definition) is 2. The van der Waals surface area contributed by atoms with Crippen LogP contribution in [0.4, 0.5) is 0 Å². The van der Waals surface area contributed by atoms with Gasteiger partial charge in [0.25, 0.3) is 11.7 Å². The number of carbonyl (C=O) groups is 2. The highest BCUT2D eigenvalue weighted by Gasteiger charge is 2.47. The van der Waals surface area contributed by atoms with Gasteiger partial charge >= 0.3 is 0 Å². The lowest BCUT2D eigenvalue weighted by Crippen LogP contribution is -3.06. The fourth-order valence-corrected chi connectivity index (χ4v) is 3.28. The number of ketones is 1. The second kappa shape index (κ2) is 7.90. The summed E-state index contributed by atoms with van der Waals surface area (Å²) in [5, 5.41) is 10.9. The fourth-order valence-electron chi connectivity index (χ4n) is 3.28. The van der Waals surface area contributed by atoms with E-state index >= 15 is 0 Å². The third kappa shape index (κ3) is 3.66. The van der Waals surface area contributed by atoms with E-state index in [1.807, 2.05) is 14.1 Å². The van der Waals surface area contributed by atoms with Gasteiger partial charge < -0.3 is 24.1 Å². The van der Waals surface area contributed by atoms with Gasteiger partial charge in [-0.1, -0.05) is 12.1 Å². The number of amides is 1. The highest BCUT2D eigenvalue weighted by atomic mass is 16.5. The molecule has 7 heteroatoms. The molecule has 0 bridgehead atoms. The largest absolute Gasteiger partial charge is 0.507 e. The van der Waals surface area contributed by atoms with Crippen molar-refractivity contribution in [2.24, 2.45) is 0 Å². The van der Waals surface area contributed by atoms with Crippen LogP contribution in [0, 0.1) is 6.92 Å². The number of nitrogens with one attached hydrogen (secondary N) is 1. The van der Waals surface area contributed by atoms with Gasteiger partial charge in [0.1, 0.15) is 29.1 Å². The van der Waals surface area contributed by atoms with E-state index in [2.05, 4.69) is 0 Å². The molecule has 7 nitrogen and oxygen atoms in total. The van der Waals surface area contributed by atoms with Gasteiger partial charge in [-0.05, 0) is 31.2 Å². The first-order chi connectivity index (χ1) is 13.3. The molecule has 0 unspecified atom stereocenters. The van der Waals surface area contributed by atoms with Crippen molar-refractivity contribution in [2.45, 2.75) is 13.0 Å². The van der Waals surface area contributed by atoms with Crippen molar-refractivity contribution in [3.05, 3.63) is 59.1 Å². The summed E-state index contributed by atoms with van der Waals surface area (Å²) in [7, 11) is 5.46. The molecule has 0 saturated carbocycles. The quantitative estimate of drug-likeness (QED) is 0.443. The zero-order chi connectivity index (χ0) is 20.4. The smallest absolute Gasteiger partial charge is 0.295 e. The summed E-state index contributed by atoms with van der Waals surface area (Å²) in [4.78, 5) is 28.2. The first kappa shape index (κ1) is 19.7. The summed E-state index contributed by atoms with van der Waals surface area (Å²) in [6, 6.07) is 9.49. The molecule has 148 valence electrons. The zero-order valence-corrected chi connectivity index (χ0v) is 16.5. The maximum absolute atomic E-state index is 12.8. The SMILES string of the molecule is COc1cccc(C(O)=C2C(=O)C(=O)N(CC[NH+](C)C)[C@H]2c2ccc(C)o2)c1. The number of carbonyl (C=O) groups excluding carboxylic acids is 2. The van der Waals surface area contributed by atoms with Crippen LogP contribution < -0.4 is 9.64 Å². The molecule has 3 rings (SSSR count). The minimum atomic E-state index is -0.765. The number of benzene rings is 1. The summed E-state index contributed by atoms with van der Waals surface area (Å²) in [6.45, 7) is 2.82. The number of furan rings is 1. The lowest BCUT2D eigenvalue weighted by atomic mass is 9.99. The van der Waals surface area contributed by atoms with Crippen LogP contribution >= 0.6 is 0 Å². The van der Waals surface area contributed by atoms with Crippen LogP contribution in [0.15, 0.2) is 46.4 Å². The summed E-state index contributed by atoms with van der Waals surface area (Å²) < 4.78 is 10.9. The van der Waals surface area contributed by atoms with E-state index in [4.69, 9.17) is 9.15 Å². The number of likely N-dealkylation sites (N-methyl/N-ethyl adjacent to an activating group) is 1. The number of methoxy groups -OCH3 is 1. The zero-order valence-electron chi connectivity index (χ0n) is 16.5. The Labute approximate surface area is 163 Å². The van der Waals surface area contributed by atoms with Gasteiger partial charge in [0.2, 0.25) is 0 Å². The molecule has 1 aromatic heterocycles. The molecule has 1 atom stereocenters. The lowest BCUT2D eigenvalue weighted by Gasteiger charge is -2.23. The predicted octanol–water partition coefficient (Wildman–Crippen LogP) is 1.16. The minimum absolute atomic E-state index is 0.0290. The average molecular weight is 385 g/mol. The Bertz CT molecular complexity index is 928. The van der Waals surface area contributed by atoms with Gasteiger partial charge in [0.15, 0.2) is 0 Å². The van der Waals surface area contributed by atoms with Crippen molar-refractivity contribution in [2.75, 3.05) is 34.3 Å². The summed E-state index contributed by atoms with van der Waals surface area (Å²) in [6.07, 6.45) is 0. The van der Waals surface area contributed by atoms with Gasteiger partial charge in [-0.3, -0.25) is 9.59 Å². The minimum Gasteiger partial charge on any atom is -0.507 e. The summed E-state index contributed by atoms with van der Waals surface area (Å²) in [5.74, 6) is 0.0730. The highest BCUT2D eigenvalue weighted by molar-refractivity contribution is 6.46. The Hall–Kier alpha value is -3.06. The summed E-state index contributed by atoms with van der Waals surface area (Å²) in [5.41, 5.74) is 0.435. The Morgan fingerprint density at radius 2 is 2.00 bits per heavy atom. The van der Waals surface area contributed by atoms with Crippen LogP contribution in [0.2, 0.25) is 0 Å². The first-order valence-electron chi connectivity index (χ1n) is 9.11. The van der Waals surface area contributed by atoms with E-state index in [0.29, 0.717) is 35.9 Å². The van der Waals surface area contributed by atoms with Crippen LogP contribution in [-0.4, -0.2) is 56.0 Å². The maximum atomic E-state index is 12.8. The number of quaternary nitrogens is 1. The Balaban J connectivity index is 2.13. The van der Waals surface area contributed by atoms with Crippen molar-refractivity contribution in [1.82, 2.24) is 4.90 Å². The molecule has 0 radical (unpaired) electrons. The lowest BCUT2D eigenvalue weighted by molar-refractivity contribution is -0.857. The molecule has 0 aliphatic carbocycles. The number of rotatable bonds is 6. The van der Waals surface area contributed by atoms with E-state index < -0.39 is 17.7 Å². The normalized spacial score (nSPS) is 18.9. The average Bonchev–Trinajstić information content (AvgIpc) is 3.21. The number of aliphatic hydroxyl groups is 1. The highest BCUT2D eigenvalue weighted by Crippen LogP contribution is 2.40. The third-order valence-corrected chi connectivity index (χ3v) is 4.77. The molecule has 1 saturated heterocycles. The van der Waals surface area contributed by atoms with Crippen molar-refractivity contribution in [1.29, 1.82) is 0 Å². The molecule has 0 spiro atoms. The third-order valence-electron chi connectivity index (χ3n) is 4.77. The second-order valence-corrected chi connectivity index (χ2v) is 7.13. The molecule has 1 aromatic carbocycles. The van der Waals surface area contributed by atoms with E-state index in [1.54, 1.807) is 43.3 Å². The molecule has 1 amide bonds. The van der Waals surface area contributed by atoms with Crippen molar-refractivity contribution in [3.63, 3.8) is 0 Å². The van der Waals surface area contributed by atoms with E-state index in [9.17, 15) is 14.7 Å². The van der Waals surface area contributed by atoms with E-state index in [1.165, 1.54) is 12.0 Å². The molecule has 2 aromatic rings. The van der Waals surface area contributed by atoms with Crippen molar-refractivity contribution in [3.8, 4) is 5.75 Å². The first-order valence-corrected chi connectivity index (χ1v) is 9.11. The monoisotopic (exact) mass is 385 g/mol. The van der Waals surface area contributed by atoms with Crippen LogP contribution in [-0.2, 0) is 9.59 Å². The Kier molecular flexibility index (Phi) is 5.56. The number of nitrogens with zero attached hydrogens (tertiary/aromatic N) is 1. The Morgan fingerprint density at radius 1 is 1.25 bits per heavy atom. The number of hydrogen-bond acceptors (Lipinski definition) is 5. The number of aryl methyl sites for hydroxylation is 1. The fraction of sp³-hybridized carbons (Fsp3) is 0.333. The molecule has 1 fully saturated rings. The van der Waals surface area contributed by atoms with Crippen molar-refractivity contribution < 1.29 is 28.7 Å². The standard InChI is InChI=1S/C21H24N2O5/c1-13-8-9-16(28-13)18-17(19(24)14-6-5-7-15(12-14)27-4)20(25)21(26)23(18)11-10-22(2)3/h5-9,12,18,24H,10-11H2,1-4H3/p+1/t18-/m0/s1. The van der Waals surface area contributed by atoms with Crippen LogP contribution in [0.25, 0.3) is 5.76 Å². The van der Waals surface area contributed by atoms with Gasteiger partial charge in [0.05, 0.1) is 39.9 Å². The van der Waals surface area contributed by atoms with Crippen LogP contribution in [0.3, 0.4) is 0 Å². The number of likely N-dealkylation sites (tertiary alicyclic amines) is 1. The van der Waals surface area contributed by atoms with Crippen LogP contribution in [0.5, 0.6) is 5.75 Å². The molecule has 2 heterocycles. The summed E-state index contributed by atoms with van der Waals surface area (Å²) >= 11 is 0. The molecule has 1 aliphatic heterocycles.